The van der Waals surface area contributed by atoms with Crippen molar-refractivity contribution in [3.63, 3.8) is 0 Å². The molecule has 0 unspecified atom stereocenters. The molecule has 1 aliphatic heterocycles. The molecule has 1 saturated heterocycles. The molecule has 1 atom stereocenters. The van der Waals surface area contributed by atoms with Crippen molar-refractivity contribution in [1.82, 2.24) is 0 Å². The zero-order valence-electron chi connectivity index (χ0n) is 17.1. The van der Waals surface area contributed by atoms with E-state index in [0.29, 0.717) is 18.0 Å². The van der Waals surface area contributed by atoms with Crippen LogP contribution in [0.3, 0.4) is 0 Å². The molecule has 0 aromatic heterocycles. The number of amides is 2. The lowest BCUT2D eigenvalue weighted by Gasteiger charge is -2.17. The number of nitrogens with zero attached hydrogens (tertiary/aromatic N) is 1. The molecule has 0 radical (unpaired) electrons. The number of nitrogens with one attached hydrogen (secondary N) is 1. The predicted octanol–water partition coefficient (Wildman–Crippen LogP) is 5.09. The summed E-state index contributed by atoms with van der Waals surface area (Å²) in [6.07, 6.45) is 0.217. The van der Waals surface area contributed by atoms with Crippen LogP contribution in [0, 0.1) is 19.8 Å². The van der Waals surface area contributed by atoms with E-state index in [1.165, 1.54) is 0 Å². The van der Waals surface area contributed by atoms with Gasteiger partial charge in [0.1, 0.15) is 11.5 Å². The van der Waals surface area contributed by atoms with Crippen LogP contribution in [0.4, 0.5) is 11.4 Å². The van der Waals surface area contributed by atoms with E-state index in [2.05, 4.69) is 5.32 Å². The van der Waals surface area contributed by atoms with E-state index in [1.807, 2.05) is 74.5 Å². The Morgan fingerprint density at radius 3 is 2.50 bits per heavy atom. The Labute approximate surface area is 176 Å². The molecule has 1 heterocycles. The topological polar surface area (TPSA) is 58.6 Å². The molecule has 2 amide bonds. The number of aryl methyl sites for hydroxylation is 2. The lowest BCUT2D eigenvalue weighted by atomic mass is 10.1. The zero-order valence-corrected chi connectivity index (χ0v) is 17.1. The molecule has 1 N–H and O–H groups in total. The number of ether oxygens (including phenoxy) is 1. The van der Waals surface area contributed by atoms with Crippen molar-refractivity contribution < 1.29 is 14.3 Å². The van der Waals surface area contributed by atoms with E-state index in [1.54, 1.807) is 17.0 Å². The maximum atomic E-state index is 12.7. The molecule has 1 fully saturated rings. The minimum Gasteiger partial charge on any atom is -0.457 e. The third kappa shape index (κ3) is 4.35. The summed E-state index contributed by atoms with van der Waals surface area (Å²) in [4.78, 5) is 26.8. The van der Waals surface area contributed by atoms with Crippen LogP contribution in [-0.4, -0.2) is 18.4 Å². The summed E-state index contributed by atoms with van der Waals surface area (Å²) in [6, 6.07) is 22.8. The summed E-state index contributed by atoms with van der Waals surface area (Å²) < 4.78 is 5.89. The normalized spacial score (nSPS) is 15.9. The van der Waals surface area contributed by atoms with Gasteiger partial charge in [-0.05, 0) is 67.4 Å². The smallest absolute Gasteiger partial charge is 0.229 e. The van der Waals surface area contributed by atoms with Gasteiger partial charge in [0.15, 0.2) is 0 Å². The van der Waals surface area contributed by atoms with Gasteiger partial charge in [-0.15, -0.1) is 0 Å². The van der Waals surface area contributed by atoms with E-state index in [4.69, 9.17) is 4.74 Å². The van der Waals surface area contributed by atoms with Gasteiger partial charge in [0.05, 0.1) is 5.92 Å². The summed E-state index contributed by atoms with van der Waals surface area (Å²) in [6.45, 7) is 4.37. The highest BCUT2D eigenvalue weighted by Crippen LogP contribution is 2.28. The maximum absolute atomic E-state index is 12.7. The minimum atomic E-state index is -0.374. The fourth-order valence-corrected chi connectivity index (χ4v) is 3.58. The van der Waals surface area contributed by atoms with Crippen LogP contribution in [0.1, 0.15) is 17.5 Å². The van der Waals surface area contributed by atoms with Gasteiger partial charge in [-0.25, -0.2) is 0 Å². The summed E-state index contributed by atoms with van der Waals surface area (Å²) in [5.41, 5.74) is 3.66. The summed E-state index contributed by atoms with van der Waals surface area (Å²) in [5, 5.41) is 2.92. The molecule has 4 rings (SSSR count). The predicted molar refractivity (Wildman–Crippen MR) is 118 cm³/mol. The average molecular weight is 400 g/mol. The monoisotopic (exact) mass is 400 g/mol. The first-order chi connectivity index (χ1) is 14.5. The van der Waals surface area contributed by atoms with Gasteiger partial charge in [-0.2, -0.15) is 0 Å². The Hall–Kier alpha value is -3.60. The lowest BCUT2D eigenvalue weighted by molar-refractivity contribution is -0.122. The van der Waals surface area contributed by atoms with Crippen LogP contribution < -0.4 is 15.0 Å². The summed E-state index contributed by atoms with van der Waals surface area (Å²) in [7, 11) is 0. The Bertz CT molecular complexity index is 1080. The van der Waals surface area contributed by atoms with Gasteiger partial charge >= 0.3 is 0 Å². The average Bonchev–Trinajstić information content (AvgIpc) is 3.13. The number of carbonyl (C=O) groups excluding carboxylic acids is 2. The van der Waals surface area contributed by atoms with Crippen LogP contribution in [0.25, 0.3) is 0 Å². The maximum Gasteiger partial charge on any atom is 0.229 e. The van der Waals surface area contributed by atoms with E-state index in [9.17, 15) is 9.59 Å². The molecular weight excluding hydrogens is 376 g/mol. The second kappa shape index (κ2) is 8.41. The molecule has 1 aliphatic rings. The highest BCUT2D eigenvalue weighted by atomic mass is 16.5. The number of anilines is 2. The van der Waals surface area contributed by atoms with Gasteiger partial charge in [0.2, 0.25) is 11.8 Å². The lowest BCUT2D eigenvalue weighted by Crippen LogP contribution is -2.28. The largest absolute Gasteiger partial charge is 0.457 e. The second-order valence-electron chi connectivity index (χ2n) is 7.63. The van der Waals surface area contributed by atoms with E-state index >= 15 is 0 Å². The first-order valence-electron chi connectivity index (χ1n) is 10.0. The molecule has 0 spiro atoms. The Kier molecular flexibility index (Phi) is 5.53. The molecule has 5 heteroatoms. The first kappa shape index (κ1) is 19.7. The van der Waals surface area contributed by atoms with Gasteiger partial charge < -0.3 is 15.0 Å². The van der Waals surface area contributed by atoms with Crippen molar-refractivity contribution in [2.75, 3.05) is 16.8 Å². The Morgan fingerprint density at radius 2 is 1.77 bits per heavy atom. The number of para-hydroxylation sites is 1. The number of rotatable bonds is 5. The first-order valence-corrected chi connectivity index (χ1v) is 10.0. The van der Waals surface area contributed by atoms with Crippen molar-refractivity contribution in [3.05, 3.63) is 83.9 Å². The summed E-state index contributed by atoms with van der Waals surface area (Å²) >= 11 is 0. The van der Waals surface area contributed by atoms with Crippen LogP contribution in [0.15, 0.2) is 72.8 Å². The van der Waals surface area contributed by atoms with E-state index in [-0.39, 0.29) is 24.2 Å². The van der Waals surface area contributed by atoms with Crippen molar-refractivity contribution in [1.29, 1.82) is 0 Å². The third-order valence-electron chi connectivity index (χ3n) is 5.25. The van der Waals surface area contributed by atoms with E-state index < -0.39 is 0 Å². The zero-order chi connectivity index (χ0) is 21.1. The molecule has 3 aromatic rings. The van der Waals surface area contributed by atoms with Crippen molar-refractivity contribution in [3.8, 4) is 11.5 Å². The third-order valence-corrected chi connectivity index (χ3v) is 5.25. The number of hydrogen-bond acceptors (Lipinski definition) is 3. The van der Waals surface area contributed by atoms with Crippen LogP contribution >= 0.6 is 0 Å². The molecule has 152 valence electrons. The van der Waals surface area contributed by atoms with Gasteiger partial charge in [-0.1, -0.05) is 30.3 Å². The second-order valence-corrected chi connectivity index (χ2v) is 7.63. The Morgan fingerprint density at radius 1 is 1.00 bits per heavy atom. The quantitative estimate of drug-likeness (QED) is 0.649. The Balaban J connectivity index is 1.38. The number of hydrogen-bond donors (Lipinski definition) is 1. The fraction of sp³-hybridized carbons (Fsp3) is 0.200. The van der Waals surface area contributed by atoms with Gasteiger partial charge in [-0.3, -0.25) is 9.59 Å². The highest BCUT2D eigenvalue weighted by molar-refractivity contribution is 6.03. The molecule has 5 nitrogen and oxygen atoms in total. The summed E-state index contributed by atoms with van der Waals surface area (Å²) in [5.74, 6) is 0.952. The molecule has 30 heavy (non-hydrogen) atoms. The van der Waals surface area contributed by atoms with Crippen molar-refractivity contribution in [2.24, 2.45) is 5.92 Å². The van der Waals surface area contributed by atoms with Crippen molar-refractivity contribution >= 4 is 23.2 Å². The van der Waals surface area contributed by atoms with E-state index in [0.717, 1.165) is 22.6 Å². The number of benzene rings is 3. The van der Waals surface area contributed by atoms with Crippen molar-refractivity contribution in [2.45, 2.75) is 20.3 Å². The SMILES string of the molecule is Cc1cccc(N2C[C@@H](C(=O)Nc3ccc(Oc4ccccc4C)cc3)CC2=O)c1. The molecule has 0 bridgehead atoms. The fourth-order valence-electron chi connectivity index (χ4n) is 3.58. The molecule has 0 saturated carbocycles. The molecule has 0 aliphatic carbocycles. The standard InChI is InChI=1S/C25H24N2O3/c1-17-6-5-8-21(14-17)27-16-19(15-24(27)28)25(29)26-20-10-12-22(13-11-20)30-23-9-4-3-7-18(23)2/h3-14,19H,15-16H2,1-2H3,(H,26,29)/t19-/m0/s1. The van der Waals surface area contributed by atoms with Crippen LogP contribution in [-0.2, 0) is 9.59 Å². The number of carbonyl (C=O) groups is 2. The van der Waals surface area contributed by atoms with Crippen LogP contribution in [0.2, 0.25) is 0 Å². The minimum absolute atomic E-state index is 0.0253. The highest BCUT2D eigenvalue weighted by Gasteiger charge is 2.35. The van der Waals surface area contributed by atoms with Gasteiger partial charge in [0.25, 0.3) is 0 Å². The van der Waals surface area contributed by atoms with Gasteiger partial charge in [0, 0.05) is 24.3 Å². The molecular formula is C25H24N2O3. The van der Waals surface area contributed by atoms with Crippen LogP contribution in [0.5, 0.6) is 11.5 Å². The molecule has 3 aromatic carbocycles.